The molecule has 0 unspecified atom stereocenters. The summed E-state index contributed by atoms with van der Waals surface area (Å²) >= 11 is 0. The van der Waals surface area contributed by atoms with Gasteiger partial charge in [-0.05, 0) is 35.2 Å². The summed E-state index contributed by atoms with van der Waals surface area (Å²) in [4.78, 5) is 11.8. The van der Waals surface area contributed by atoms with Crippen molar-refractivity contribution in [2.75, 3.05) is 17.2 Å². The number of hydrogen-bond donors (Lipinski definition) is 2. The van der Waals surface area contributed by atoms with Crippen LogP contribution in [0.1, 0.15) is 32.8 Å². The van der Waals surface area contributed by atoms with Crippen molar-refractivity contribution < 1.29 is 18.0 Å². The number of rotatable bonds is 5. The minimum Gasteiger partial charge on any atom is -0.385 e. The van der Waals surface area contributed by atoms with Gasteiger partial charge in [0.25, 0.3) is 0 Å². The van der Waals surface area contributed by atoms with Gasteiger partial charge in [0.15, 0.2) is 17.5 Å². The van der Waals surface area contributed by atoms with Gasteiger partial charge in [0.1, 0.15) is 0 Å². The molecule has 2 aromatic carbocycles. The lowest BCUT2D eigenvalue weighted by Crippen LogP contribution is -2.17. The van der Waals surface area contributed by atoms with Crippen LogP contribution in [0.2, 0.25) is 0 Å². The summed E-state index contributed by atoms with van der Waals surface area (Å²) in [7, 11) is 0. The summed E-state index contributed by atoms with van der Waals surface area (Å²) in [6.07, 6.45) is 0.0550. The highest BCUT2D eigenvalue weighted by molar-refractivity contribution is 5.91. The summed E-state index contributed by atoms with van der Waals surface area (Å²) in [5.74, 6) is -4.80. The molecule has 3 nitrogen and oxygen atoms in total. The van der Waals surface area contributed by atoms with Crippen molar-refractivity contribution in [3.05, 3.63) is 59.4 Å². The number of nitrogens with one attached hydrogen (secondary N) is 2. The molecule has 0 radical (unpaired) electrons. The van der Waals surface area contributed by atoms with E-state index in [0.29, 0.717) is 6.54 Å². The van der Waals surface area contributed by atoms with Crippen LogP contribution in [0.25, 0.3) is 0 Å². The second-order valence-corrected chi connectivity index (χ2v) is 6.78. The van der Waals surface area contributed by atoms with Gasteiger partial charge in [-0.15, -0.1) is 0 Å². The lowest BCUT2D eigenvalue weighted by atomic mass is 9.87. The lowest BCUT2D eigenvalue weighted by molar-refractivity contribution is -0.116. The van der Waals surface area contributed by atoms with E-state index in [1.807, 2.05) is 24.3 Å². The third-order valence-corrected chi connectivity index (χ3v) is 3.74. The first-order valence-electron chi connectivity index (χ1n) is 7.96. The average Bonchev–Trinajstić information content (AvgIpc) is 2.55. The Balaban J connectivity index is 1.86. The van der Waals surface area contributed by atoms with E-state index in [1.54, 1.807) is 0 Å². The fourth-order valence-electron chi connectivity index (χ4n) is 2.24. The number of anilines is 2. The number of benzene rings is 2. The molecule has 0 bridgehead atoms. The number of carbonyl (C=O) groups is 1. The van der Waals surface area contributed by atoms with E-state index in [0.717, 1.165) is 17.8 Å². The highest BCUT2D eigenvalue weighted by Gasteiger charge is 2.15. The fourth-order valence-corrected chi connectivity index (χ4v) is 2.24. The maximum absolute atomic E-state index is 13.5. The number of hydrogen-bond acceptors (Lipinski definition) is 2. The zero-order chi connectivity index (χ0) is 18.6. The van der Waals surface area contributed by atoms with Crippen LogP contribution in [0.4, 0.5) is 24.5 Å². The van der Waals surface area contributed by atoms with Gasteiger partial charge in [-0.3, -0.25) is 4.79 Å². The third-order valence-electron chi connectivity index (χ3n) is 3.74. The Labute approximate surface area is 145 Å². The Bertz CT molecular complexity index is 752. The van der Waals surface area contributed by atoms with Gasteiger partial charge in [0.2, 0.25) is 5.91 Å². The van der Waals surface area contributed by atoms with Crippen LogP contribution in [0.3, 0.4) is 0 Å². The van der Waals surface area contributed by atoms with Crippen LogP contribution < -0.4 is 10.6 Å². The molecule has 0 aromatic heterocycles. The van der Waals surface area contributed by atoms with Gasteiger partial charge < -0.3 is 10.6 Å². The molecule has 0 aliphatic heterocycles. The molecular formula is C19H21F3N2O. The van der Waals surface area contributed by atoms with Crippen molar-refractivity contribution in [2.24, 2.45) is 0 Å². The van der Waals surface area contributed by atoms with Crippen molar-refractivity contribution in [2.45, 2.75) is 32.6 Å². The van der Waals surface area contributed by atoms with Crippen molar-refractivity contribution in [1.82, 2.24) is 0 Å². The van der Waals surface area contributed by atoms with E-state index in [1.165, 1.54) is 5.56 Å². The fraction of sp³-hybridized carbons (Fsp3) is 0.316. The number of carbonyl (C=O) groups excluding carboxylic acids is 1. The molecule has 0 heterocycles. The topological polar surface area (TPSA) is 41.1 Å². The summed E-state index contributed by atoms with van der Waals surface area (Å²) in [6, 6.07) is 9.63. The molecular weight excluding hydrogens is 329 g/mol. The zero-order valence-electron chi connectivity index (χ0n) is 14.4. The average molecular weight is 350 g/mol. The molecule has 0 fully saturated rings. The minimum atomic E-state index is -1.60. The van der Waals surface area contributed by atoms with E-state index in [2.05, 4.69) is 31.4 Å². The predicted molar refractivity (Wildman–Crippen MR) is 93.2 cm³/mol. The van der Waals surface area contributed by atoms with Gasteiger partial charge in [-0.25, -0.2) is 13.2 Å². The molecule has 2 N–H and O–H groups in total. The lowest BCUT2D eigenvalue weighted by Gasteiger charge is -2.19. The first kappa shape index (κ1) is 18.8. The molecule has 0 saturated heterocycles. The van der Waals surface area contributed by atoms with Gasteiger partial charge in [0.05, 0.1) is 5.69 Å². The molecule has 1 amide bonds. The predicted octanol–water partition coefficient (Wildman–Crippen LogP) is 4.84. The molecule has 0 atom stereocenters. The van der Waals surface area contributed by atoms with Crippen molar-refractivity contribution in [3.8, 4) is 0 Å². The van der Waals surface area contributed by atoms with E-state index in [4.69, 9.17) is 0 Å². The Morgan fingerprint density at radius 2 is 1.60 bits per heavy atom. The Hall–Kier alpha value is -2.50. The summed E-state index contributed by atoms with van der Waals surface area (Å²) in [5, 5.41) is 5.32. The summed E-state index contributed by atoms with van der Waals surface area (Å²) in [6.45, 7) is 6.69. The maximum Gasteiger partial charge on any atom is 0.226 e. The van der Waals surface area contributed by atoms with E-state index < -0.39 is 23.4 Å². The molecule has 2 rings (SSSR count). The van der Waals surface area contributed by atoms with E-state index >= 15 is 0 Å². The van der Waals surface area contributed by atoms with Gasteiger partial charge >= 0.3 is 0 Å². The largest absolute Gasteiger partial charge is 0.385 e. The maximum atomic E-state index is 13.5. The van der Waals surface area contributed by atoms with Crippen LogP contribution in [0, 0.1) is 17.5 Å². The van der Waals surface area contributed by atoms with Gasteiger partial charge in [-0.2, -0.15) is 0 Å². The molecule has 0 saturated carbocycles. The minimum absolute atomic E-state index is 0.0550. The standard InChI is InChI=1S/C19H21F3N2O/c1-19(2,3)12-4-6-13(7-5-12)23-11-10-16(25)24-15-9-8-14(20)17(21)18(15)22/h4-9,23H,10-11H2,1-3H3,(H,24,25). The van der Waals surface area contributed by atoms with E-state index in [-0.39, 0.29) is 17.5 Å². The normalized spacial score (nSPS) is 11.3. The second kappa shape index (κ2) is 7.59. The molecule has 134 valence electrons. The second-order valence-electron chi connectivity index (χ2n) is 6.78. The Morgan fingerprint density at radius 3 is 2.20 bits per heavy atom. The molecule has 25 heavy (non-hydrogen) atoms. The molecule has 0 aliphatic carbocycles. The molecule has 0 spiro atoms. The number of halogens is 3. The van der Waals surface area contributed by atoms with Gasteiger partial charge in [-0.1, -0.05) is 32.9 Å². The van der Waals surface area contributed by atoms with Crippen LogP contribution in [-0.4, -0.2) is 12.5 Å². The zero-order valence-corrected chi connectivity index (χ0v) is 14.4. The summed E-state index contributed by atoms with van der Waals surface area (Å²) in [5.41, 5.74) is 1.75. The quantitative estimate of drug-likeness (QED) is 0.758. The highest BCUT2D eigenvalue weighted by atomic mass is 19.2. The van der Waals surface area contributed by atoms with Crippen LogP contribution in [-0.2, 0) is 10.2 Å². The summed E-state index contributed by atoms with van der Waals surface area (Å²) < 4.78 is 39.5. The van der Waals surface area contributed by atoms with Crippen LogP contribution in [0.5, 0.6) is 0 Å². The highest BCUT2D eigenvalue weighted by Crippen LogP contribution is 2.23. The Kier molecular flexibility index (Phi) is 5.72. The van der Waals surface area contributed by atoms with Crippen molar-refractivity contribution in [1.29, 1.82) is 0 Å². The molecule has 2 aromatic rings. The third kappa shape index (κ3) is 4.98. The first-order chi connectivity index (χ1) is 11.7. The number of amides is 1. The molecule has 0 aliphatic rings. The first-order valence-corrected chi connectivity index (χ1v) is 7.96. The van der Waals surface area contributed by atoms with Crippen LogP contribution >= 0.6 is 0 Å². The van der Waals surface area contributed by atoms with Gasteiger partial charge in [0, 0.05) is 18.7 Å². The van der Waals surface area contributed by atoms with Crippen molar-refractivity contribution >= 4 is 17.3 Å². The smallest absolute Gasteiger partial charge is 0.226 e. The van der Waals surface area contributed by atoms with Crippen LogP contribution in [0.15, 0.2) is 36.4 Å². The molecule has 6 heteroatoms. The van der Waals surface area contributed by atoms with E-state index in [9.17, 15) is 18.0 Å². The Morgan fingerprint density at radius 1 is 0.960 bits per heavy atom. The monoisotopic (exact) mass is 350 g/mol. The van der Waals surface area contributed by atoms with Crippen molar-refractivity contribution in [3.63, 3.8) is 0 Å². The SMILES string of the molecule is CC(C)(C)c1ccc(NCCC(=O)Nc2ccc(F)c(F)c2F)cc1.